The van der Waals surface area contributed by atoms with Crippen molar-refractivity contribution in [3.63, 3.8) is 0 Å². The minimum absolute atomic E-state index is 0.0900. The second-order valence-corrected chi connectivity index (χ2v) is 8.24. The summed E-state index contributed by atoms with van der Waals surface area (Å²) in [5.41, 5.74) is 3.60. The summed E-state index contributed by atoms with van der Waals surface area (Å²) in [5, 5.41) is 0.0900. The molecular formula is C20H22BrNO2S. The number of hydrogen-bond acceptors (Lipinski definition) is 3. The molecule has 1 amide bonds. The van der Waals surface area contributed by atoms with Crippen LogP contribution in [-0.4, -0.2) is 30.2 Å². The number of carbonyl (C=O) groups excluding carboxylic acids is 1. The lowest BCUT2D eigenvalue weighted by atomic mass is 10.1. The number of carbonyl (C=O) groups is 1. The van der Waals surface area contributed by atoms with Crippen molar-refractivity contribution in [2.45, 2.75) is 25.1 Å². The Bertz CT molecular complexity index is 765. The summed E-state index contributed by atoms with van der Waals surface area (Å²) in [4.78, 5) is 14.8. The van der Waals surface area contributed by atoms with E-state index in [1.165, 1.54) is 11.1 Å². The predicted molar refractivity (Wildman–Crippen MR) is 107 cm³/mol. The van der Waals surface area contributed by atoms with E-state index < -0.39 is 0 Å². The first-order chi connectivity index (χ1) is 12.1. The van der Waals surface area contributed by atoms with E-state index >= 15 is 0 Å². The maximum Gasteiger partial charge on any atom is 0.224 e. The van der Waals surface area contributed by atoms with E-state index in [2.05, 4.69) is 53.2 Å². The maximum absolute atomic E-state index is 12.8. The van der Waals surface area contributed by atoms with Crippen LogP contribution >= 0.6 is 27.7 Å². The summed E-state index contributed by atoms with van der Waals surface area (Å²) >= 11 is 5.36. The molecule has 1 heterocycles. The smallest absolute Gasteiger partial charge is 0.224 e. The van der Waals surface area contributed by atoms with Crippen LogP contribution in [0.1, 0.15) is 28.5 Å². The van der Waals surface area contributed by atoms with Gasteiger partial charge in [0.25, 0.3) is 0 Å². The number of ether oxygens (including phenoxy) is 1. The number of thioether (sulfide) groups is 1. The summed E-state index contributed by atoms with van der Waals surface area (Å²) < 4.78 is 6.22. The Kier molecular flexibility index (Phi) is 6.07. The van der Waals surface area contributed by atoms with E-state index in [1.807, 2.05) is 28.8 Å². The average molecular weight is 420 g/mol. The van der Waals surface area contributed by atoms with Gasteiger partial charge < -0.3 is 9.64 Å². The molecule has 0 bridgehead atoms. The van der Waals surface area contributed by atoms with Crippen molar-refractivity contribution in [3.05, 3.63) is 63.6 Å². The standard InChI is InChI=1S/C20H22BrNO2S/c1-14-4-3-5-15(12-14)6-9-19(23)22-10-11-25-20(22)16-7-8-18(24-2)17(21)13-16/h3-5,7-8,12-13,20H,6,9-11H2,1-2H3. The third-order valence-corrected chi connectivity index (χ3v) is 6.26. The van der Waals surface area contributed by atoms with Gasteiger partial charge in [-0.05, 0) is 52.5 Å². The fourth-order valence-corrected chi connectivity index (χ4v) is 4.93. The Morgan fingerprint density at radius 2 is 2.16 bits per heavy atom. The fourth-order valence-electron chi connectivity index (χ4n) is 3.10. The number of benzene rings is 2. The molecule has 0 aliphatic carbocycles. The van der Waals surface area contributed by atoms with Crippen LogP contribution in [0.15, 0.2) is 46.9 Å². The molecule has 132 valence electrons. The molecule has 2 aromatic rings. The second-order valence-electron chi connectivity index (χ2n) is 6.19. The highest BCUT2D eigenvalue weighted by Gasteiger charge is 2.30. The zero-order valence-electron chi connectivity index (χ0n) is 14.5. The van der Waals surface area contributed by atoms with Crippen LogP contribution in [-0.2, 0) is 11.2 Å². The minimum atomic E-state index is 0.0900. The van der Waals surface area contributed by atoms with Gasteiger partial charge in [-0.1, -0.05) is 35.9 Å². The Balaban J connectivity index is 1.68. The van der Waals surface area contributed by atoms with E-state index in [4.69, 9.17) is 4.74 Å². The Labute approximate surface area is 161 Å². The first kappa shape index (κ1) is 18.3. The number of hydrogen-bond donors (Lipinski definition) is 0. The lowest BCUT2D eigenvalue weighted by molar-refractivity contribution is -0.131. The SMILES string of the molecule is COc1ccc(C2SCCN2C(=O)CCc2cccc(C)c2)cc1Br. The van der Waals surface area contributed by atoms with Crippen LogP contribution in [0.4, 0.5) is 0 Å². The van der Waals surface area contributed by atoms with Crippen LogP contribution in [0.3, 0.4) is 0 Å². The van der Waals surface area contributed by atoms with Crippen LogP contribution in [0.2, 0.25) is 0 Å². The minimum Gasteiger partial charge on any atom is -0.496 e. The normalized spacial score (nSPS) is 16.9. The summed E-state index contributed by atoms with van der Waals surface area (Å²) in [5.74, 6) is 2.01. The third kappa shape index (κ3) is 4.39. The van der Waals surface area contributed by atoms with Crippen molar-refractivity contribution in [1.82, 2.24) is 4.90 Å². The Morgan fingerprint density at radius 1 is 1.32 bits per heavy atom. The van der Waals surface area contributed by atoms with Gasteiger partial charge in [-0.25, -0.2) is 0 Å². The van der Waals surface area contributed by atoms with Crippen molar-refractivity contribution in [1.29, 1.82) is 0 Å². The second kappa shape index (κ2) is 8.28. The van der Waals surface area contributed by atoms with Crippen molar-refractivity contribution in [2.75, 3.05) is 19.4 Å². The topological polar surface area (TPSA) is 29.5 Å². The van der Waals surface area contributed by atoms with E-state index in [1.54, 1.807) is 7.11 Å². The number of rotatable bonds is 5. The number of amides is 1. The van der Waals surface area contributed by atoms with E-state index in [0.29, 0.717) is 6.42 Å². The largest absolute Gasteiger partial charge is 0.496 e. The molecule has 0 spiro atoms. The average Bonchev–Trinajstić information content (AvgIpc) is 3.09. The van der Waals surface area contributed by atoms with Gasteiger partial charge >= 0.3 is 0 Å². The number of nitrogens with zero attached hydrogens (tertiary/aromatic N) is 1. The molecule has 5 heteroatoms. The molecule has 1 atom stereocenters. The first-order valence-corrected chi connectivity index (χ1v) is 10.2. The highest BCUT2D eigenvalue weighted by atomic mass is 79.9. The molecule has 1 aliphatic heterocycles. The number of aryl methyl sites for hydroxylation is 2. The summed E-state index contributed by atoms with van der Waals surface area (Å²) in [6.45, 7) is 2.89. The molecule has 25 heavy (non-hydrogen) atoms. The predicted octanol–water partition coefficient (Wildman–Crippen LogP) is 4.97. The molecule has 2 aromatic carbocycles. The van der Waals surface area contributed by atoms with Gasteiger partial charge in [-0.15, -0.1) is 11.8 Å². The third-order valence-electron chi connectivity index (χ3n) is 4.38. The highest BCUT2D eigenvalue weighted by Crippen LogP contribution is 2.40. The van der Waals surface area contributed by atoms with Crippen LogP contribution in [0.25, 0.3) is 0 Å². The number of methoxy groups -OCH3 is 1. The lowest BCUT2D eigenvalue weighted by Crippen LogP contribution is -2.30. The quantitative estimate of drug-likeness (QED) is 0.684. The van der Waals surface area contributed by atoms with E-state index in [-0.39, 0.29) is 11.3 Å². The molecule has 0 aromatic heterocycles. The fraction of sp³-hybridized carbons (Fsp3) is 0.350. The molecule has 1 saturated heterocycles. The van der Waals surface area contributed by atoms with Crippen molar-refractivity contribution < 1.29 is 9.53 Å². The zero-order chi connectivity index (χ0) is 17.8. The monoisotopic (exact) mass is 419 g/mol. The van der Waals surface area contributed by atoms with Gasteiger partial charge in [0, 0.05) is 18.7 Å². The zero-order valence-corrected chi connectivity index (χ0v) is 16.9. The number of halogens is 1. The van der Waals surface area contributed by atoms with Crippen molar-refractivity contribution in [3.8, 4) is 5.75 Å². The Morgan fingerprint density at radius 3 is 2.88 bits per heavy atom. The molecular weight excluding hydrogens is 398 g/mol. The summed E-state index contributed by atoms with van der Waals surface area (Å²) in [7, 11) is 1.66. The van der Waals surface area contributed by atoms with Gasteiger partial charge in [-0.2, -0.15) is 0 Å². The molecule has 3 nitrogen and oxygen atoms in total. The molecule has 0 N–H and O–H groups in total. The summed E-state index contributed by atoms with van der Waals surface area (Å²) in [6, 6.07) is 14.4. The van der Waals surface area contributed by atoms with Gasteiger partial charge in [0.05, 0.1) is 11.6 Å². The van der Waals surface area contributed by atoms with Crippen molar-refractivity contribution in [2.24, 2.45) is 0 Å². The van der Waals surface area contributed by atoms with Crippen molar-refractivity contribution >= 4 is 33.6 Å². The molecule has 1 fully saturated rings. The van der Waals surface area contributed by atoms with Gasteiger partial charge in [0.1, 0.15) is 11.1 Å². The molecule has 1 aliphatic rings. The van der Waals surface area contributed by atoms with Gasteiger partial charge in [0.2, 0.25) is 5.91 Å². The van der Waals surface area contributed by atoms with Crippen LogP contribution in [0.5, 0.6) is 5.75 Å². The van der Waals surface area contributed by atoms with Gasteiger partial charge in [-0.3, -0.25) is 4.79 Å². The van der Waals surface area contributed by atoms with Crippen LogP contribution < -0.4 is 4.74 Å². The molecule has 0 radical (unpaired) electrons. The summed E-state index contributed by atoms with van der Waals surface area (Å²) in [6.07, 6.45) is 1.35. The lowest BCUT2D eigenvalue weighted by Gasteiger charge is -2.24. The van der Waals surface area contributed by atoms with E-state index in [0.717, 1.165) is 34.5 Å². The highest BCUT2D eigenvalue weighted by molar-refractivity contribution is 9.10. The maximum atomic E-state index is 12.8. The van der Waals surface area contributed by atoms with Crippen LogP contribution in [0, 0.1) is 6.92 Å². The molecule has 1 unspecified atom stereocenters. The van der Waals surface area contributed by atoms with Gasteiger partial charge in [0.15, 0.2) is 0 Å². The first-order valence-electron chi connectivity index (χ1n) is 8.38. The molecule has 3 rings (SSSR count). The van der Waals surface area contributed by atoms with E-state index in [9.17, 15) is 4.79 Å². The Hall–Kier alpha value is -1.46. The molecule has 0 saturated carbocycles.